The molecule has 3 fully saturated rings. The topological polar surface area (TPSA) is 26.3 Å². The van der Waals surface area contributed by atoms with Crippen molar-refractivity contribution in [2.24, 2.45) is 46.3 Å². The van der Waals surface area contributed by atoms with Crippen molar-refractivity contribution in [1.82, 2.24) is 0 Å². The van der Waals surface area contributed by atoms with Gasteiger partial charge in [0.2, 0.25) is 0 Å². The largest absolute Gasteiger partial charge is 0.462 e. The van der Waals surface area contributed by atoms with Gasteiger partial charge in [0.15, 0.2) is 0 Å². The number of esters is 1. The maximum Gasteiger partial charge on any atom is 0.306 e. The number of hydrogen-bond donors (Lipinski definition) is 0. The minimum atomic E-state index is 0.0618. The molecule has 0 saturated heterocycles. The number of hydrogen-bond acceptors (Lipinski definition) is 2. The Morgan fingerprint density at radius 3 is 2.16 bits per heavy atom. The van der Waals surface area contributed by atoms with E-state index >= 15 is 0 Å². The fourth-order valence-electron chi connectivity index (χ4n) is 10.9. The summed E-state index contributed by atoms with van der Waals surface area (Å²) in [5.41, 5.74) is 2.54. The molecule has 0 N–H and O–H groups in total. The highest BCUT2D eigenvalue weighted by Crippen LogP contribution is 2.67. The molecule has 0 aromatic heterocycles. The van der Waals surface area contributed by atoms with Crippen LogP contribution < -0.4 is 0 Å². The first-order valence-electron chi connectivity index (χ1n) is 19.6. The summed E-state index contributed by atoms with van der Waals surface area (Å²) in [6, 6.07) is 0. The molecule has 248 valence electrons. The standard InChI is InChI=1S/C41H72O2/c1-7-8-9-10-11-12-13-14-15-16-17-21-39(42)43-34-26-28-40(5)33(30-34)22-23-35-37-25-24-36(32(4)20-18-19-31(2)3)41(37,6)29-27-38(35)40/h22,31-32,34-38H,7-21,23-30H2,1-6H3/t32-,34+,35-,36+,37-,38-,40+,41+/m1/s1. The molecule has 4 aliphatic carbocycles. The van der Waals surface area contributed by atoms with Gasteiger partial charge in [0.05, 0.1) is 0 Å². The Labute approximate surface area is 268 Å². The van der Waals surface area contributed by atoms with Crippen LogP contribution in [0.3, 0.4) is 0 Å². The van der Waals surface area contributed by atoms with Gasteiger partial charge in [-0.2, -0.15) is 0 Å². The summed E-state index contributed by atoms with van der Waals surface area (Å²) in [5.74, 6) is 5.34. The molecule has 0 unspecified atom stereocenters. The number of fused-ring (bicyclic) bond motifs is 5. The second-order valence-electron chi connectivity index (χ2n) is 16.9. The van der Waals surface area contributed by atoms with Gasteiger partial charge in [0, 0.05) is 12.8 Å². The van der Waals surface area contributed by atoms with Gasteiger partial charge in [-0.3, -0.25) is 4.79 Å². The lowest BCUT2D eigenvalue weighted by Crippen LogP contribution is -2.51. The van der Waals surface area contributed by atoms with Crippen LogP contribution in [0, 0.1) is 46.3 Å². The van der Waals surface area contributed by atoms with E-state index in [9.17, 15) is 4.79 Å². The highest BCUT2D eigenvalue weighted by molar-refractivity contribution is 5.69. The van der Waals surface area contributed by atoms with Crippen LogP contribution in [-0.4, -0.2) is 12.1 Å². The Bertz CT molecular complexity index is 873. The van der Waals surface area contributed by atoms with Gasteiger partial charge in [-0.15, -0.1) is 0 Å². The second-order valence-corrected chi connectivity index (χ2v) is 16.9. The highest BCUT2D eigenvalue weighted by atomic mass is 16.5. The van der Waals surface area contributed by atoms with Gasteiger partial charge in [-0.1, -0.05) is 137 Å². The van der Waals surface area contributed by atoms with Gasteiger partial charge in [0.25, 0.3) is 0 Å². The van der Waals surface area contributed by atoms with Crippen LogP contribution in [0.4, 0.5) is 0 Å². The smallest absolute Gasteiger partial charge is 0.306 e. The quantitative estimate of drug-likeness (QED) is 0.0893. The van der Waals surface area contributed by atoms with E-state index in [0.717, 1.165) is 54.8 Å². The fourth-order valence-corrected chi connectivity index (χ4v) is 10.9. The van der Waals surface area contributed by atoms with Gasteiger partial charge in [0.1, 0.15) is 6.10 Å². The van der Waals surface area contributed by atoms with Crippen molar-refractivity contribution in [1.29, 1.82) is 0 Å². The maximum absolute atomic E-state index is 12.7. The molecule has 0 spiro atoms. The van der Waals surface area contributed by atoms with Crippen LogP contribution >= 0.6 is 0 Å². The van der Waals surface area contributed by atoms with Gasteiger partial charge >= 0.3 is 5.97 Å². The molecule has 0 aliphatic heterocycles. The van der Waals surface area contributed by atoms with E-state index in [0.29, 0.717) is 17.3 Å². The fraction of sp³-hybridized carbons (Fsp3) is 0.927. The third-order valence-electron chi connectivity index (χ3n) is 13.5. The van der Waals surface area contributed by atoms with Crippen molar-refractivity contribution in [2.45, 2.75) is 195 Å². The van der Waals surface area contributed by atoms with E-state index in [1.165, 1.54) is 122 Å². The van der Waals surface area contributed by atoms with Crippen LogP contribution in [0.5, 0.6) is 0 Å². The molecule has 2 nitrogen and oxygen atoms in total. The summed E-state index contributed by atoms with van der Waals surface area (Å²) in [5, 5.41) is 0. The van der Waals surface area contributed by atoms with Crippen molar-refractivity contribution in [3.63, 3.8) is 0 Å². The molecule has 0 amide bonds. The lowest BCUT2D eigenvalue weighted by molar-refractivity contribution is -0.151. The molecular weight excluding hydrogens is 524 g/mol. The predicted octanol–water partition coefficient (Wildman–Crippen LogP) is 12.6. The average Bonchev–Trinajstić information content (AvgIpc) is 3.33. The number of rotatable bonds is 18. The molecule has 2 heteroatoms. The molecule has 0 aromatic rings. The Hall–Kier alpha value is -0.790. The molecule has 0 radical (unpaired) electrons. The van der Waals surface area contributed by atoms with E-state index in [4.69, 9.17) is 4.74 Å². The summed E-state index contributed by atoms with van der Waals surface area (Å²) >= 11 is 0. The summed E-state index contributed by atoms with van der Waals surface area (Å²) in [4.78, 5) is 12.7. The average molecular weight is 597 g/mol. The monoisotopic (exact) mass is 597 g/mol. The number of unbranched alkanes of at least 4 members (excludes halogenated alkanes) is 10. The van der Waals surface area contributed by atoms with Crippen molar-refractivity contribution < 1.29 is 9.53 Å². The summed E-state index contributed by atoms with van der Waals surface area (Å²) in [6.07, 6.45) is 32.5. The Kier molecular flexibility index (Phi) is 13.6. The zero-order chi connectivity index (χ0) is 30.9. The van der Waals surface area contributed by atoms with Crippen LogP contribution in [0.25, 0.3) is 0 Å². The van der Waals surface area contributed by atoms with E-state index < -0.39 is 0 Å². The third-order valence-corrected chi connectivity index (χ3v) is 13.5. The lowest BCUT2D eigenvalue weighted by Gasteiger charge is -2.58. The SMILES string of the molecule is CCCCCCCCCCCCCC(=O)O[C@H]1CC[C@@]2(C)C(=CC[C@@H]3[C@H]4CC[C@@H]([C@H](C)CCCC(C)C)[C@]4(C)CC[C@H]32)C1. The summed E-state index contributed by atoms with van der Waals surface area (Å²) < 4.78 is 6.11. The van der Waals surface area contributed by atoms with Crippen LogP contribution in [0.1, 0.15) is 189 Å². The predicted molar refractivity (Wildman–Crippen MR) is 184 cm³/mol. The van der Waals surface area contributed by atoms with Crippen LogP contribution in [0.2, 0.25) is 0 Å². The normalized spacial score (nSPS) is 34.3. The van der Waals surface area contributed by atoms with Gasteiger partial charge in [-0.05, 0) is 97.7 Å². The highest BCUT2D eigenvalue weighted by Gasteiger charge is 2.59. The lowest BCUT2D eigenvalue weighted by atomic mass is 9.47. The first-order chi connectivity index (χ1) is 20.7. The Morgan fingerprint density at radius 1 is 0.814 bits per heavy atom. The number of ether oxygens (including phenoxy) is 1. The summed E-state index contributed by atoms with van der Waals surface area (Å²) in [7, 11) is 0. The Morgan fingerprint density at radius 2 is 1.49 bits per heavy atom. The number of carbonyl (C=O) groups excluding carboxylic acids is 1. The first-order valence-corrected chi connectivity index (χ1v) is 19.6. The number of carbonyl (C=O) groups is 1. The van der Waals surface area contributed by atoms with Gasteiger partial charge in [-0.25, -0.2) is 0 Å². The van der Waals surface area contributed by atoms with Gasteiger partial charge < -0.3 is 4.74 Å². The van der Waals surface area contributed by atoms with Crippen molar-refractivity contribution in [2.75, 3.05) is 0 Å². The third kappa shape index (κ3) is 8.93. The molecule has 4 rings (SSSR count). The molecule has 8 atom stereocenters. The summed E-state index contributed by atoms with van der Waals surface area (Å²) in [6.45, 7) is 14.9. The van der Waals surface area contributed by atoms with E-state index in [2.05, 4.69) is 47.6 Å². The molecule has 3 saturated carbocycles. The molecular formula is C41H72O2. The van der Waals surface area contributed by atoms with E-state index in [1.807, 2.05) is 0 Å². The molecule has 0 heterocycles. The molecule has 0 aromatic carbocycles. The van der Waals surface area contributed by atoms with E-state index in [1.54, 1.807) is 5.57 Å². The molecule has 0 bridgehead atoms. The number of allylic oxidation sites excluding steroid dienone is 1. The zero-order valence-corrected chi connectivity index (χ0v) is 29.7. The zero-order valence-electron chi connectivity index (χ0n) is 29.7. The van der Waals surface area contributed by atoms with Crippen molar-refractivity contribution in [3.05, 3.63) is 11.6 Å². The molecule has 43 heavy (non-hydrogen) atoms. The second kappa shape index (κ2) is 16.7. The molecule has 4 aliphatic rings. The van der Waals surface area contributed by atoms with Crippen molar-refractivity contribution in [3.8, 4) is 0 Å². The van der Waals surface area contributed by atoms with Crippen LogP contribution in [0.15, 0.2) is 11.6 Å². The minimum absolute atomic E-state index is 0.0618. The van der Waals surface area contributed by atoms with Crippen LogP contribution in [-0.2, 0) is 9.53 Å². The first kappa shape index (κ1) is 35.1. The Balaban J connectivity index is 1.19. The van der Waals surface area contributed by atoms with Crippen molar-refractivity contribution >= 4 is 5.97 Å². The minimum Gasteiger partial charge on any atom is -0.462 e. The van der Waals surface area contributed by atoms with E-state index in [-0.39, 0.29) is 12.1 Å². The maximum atomic E-state index is 12.7.